The number of ether oxygens (including phenoxy) is 2. The van der Waals surface area contributed by atoms with E-state index in [1.54, 1.807) is 50.4 Å². The van der Waals surface area contributed by atoms with Gasteiger partial charge in [-0.15, -0.1) is 0 Å². The molecule has 0 aromatic heterocycles. The molecule has 0 fully saturated rings. The van der Waals surface area contributed by atoms with Crippen molar-refractivity contribution in [3.63, 3.8) is 0 Å². The molecule has 0 radical (unpaired) electrons. The molecule has 2 aromatic carbocycles. The number of nitrogens with zero attached hydrogens (tertiary/aromatic N) is 1. The first-order valence-electron chi connectivity index (χ1n) is 8.50. The fourth-order valence-electron chi connectivity index (χ4n) is 2.44. The maximum absolute atomic E-state index is 13.7. The van der Waals surface area contributed by atoms with Crippen LogP contribution in [0.15, 0.2) is 48.5 Å². The molecule has 0 saturated carbocycles. The van der Waals surface area contributed by atoms with E-state index >= 15 is 0 Å². The lowest BCUT2D eigenvalue weighted by molar-refractivity contribution is -0.139. The Kier molecular flexibility index (Phi) is 7.16. The van der Waals surface area contributed by atoms with Gasteiger partial charge in [-0.3, -0.25) is 4.79 Å². The third kappa shape index (κ3) is 5.99. The number of aliphatic carboxylic acids is 1. The number of para-hydroxylation sites is 1. The van der Waals surface area contributed by atoms with Gasteiger partial charge in [0.1, 0.15) is 5.75 Å². The van der Waals surface area contributed by atoms with Crippen molar-refractivity contribution in [1.29, 1.82) is 0 Å². The number of benzene rings is 2. The number of hydrogen-bond acceptors (Lipinski definition) is 4. The maximum Gasteiger partial charge on any atom is 0.341 e. The lowest BCUT2D eigenvalue weighted by Gasteiger charge is -2.24. The van der Waals surface area contributed by atoms with E-state index in [0.29, 0.717) is 18.7 Å². The number of halogens is 1. The molecular weight excluding hydrogens is 353 g/mol. The number of hydrogen-bond donors (Lipinski definition) is 1. The molecule has 2 aromatic rings. The minimum absolute atomic E-state index is 0.0473. The van der Waals surface area contributed by atoms with Crippen LogP contribution in [0.3, 0.4) is 0 Å². The molecule has 0 aliphatic heterocycles. The number of likely N-dealkylation sites (N-methyl/N-ethyl adjacent to an activating group) is 1. The van der Waals surface area contributed by atoms with Gasteiger partial charge in [0.05, 0.1) is 0 Å². The fraction of sp³-hybridized carbons (Fsp3) is 0.300. The molecule has 2 rings (SSSR count). The Hall–Kier alpha value is -3.09. The van der Waals surface area contributed by atoms with Crippen molar-refractivity contribution in [2.24, 2.45) is 0 Å². The quantitative estimate of drug-likeness (QED) is 0.729. The van der Waals surface area contributed by atoms with Crippen LogP contribution in [0.4, 0.5) is 4.39 Å². The number of carboxylic acids is 1. The molecule has 0 spiro atoms. The van der Waals surface area contributed by atoms with Gasteiger partial charge >= 0.3 is 5.97 Å². The third-order valence-electron chi connectivity index (χ3n) is 3.83. The first kappa shape index (κ1) is 20.2. The number of amides is 1. The summed E-state index contributed by atoms with van der Waals surface area (Å²) in [5, 5.41) is 8.60. The predicted octanol–water partition coefficient (Wildman–Crippen LogP) is 3.11. The van der Waals surface area contributed by atoms with Crippen LogP contribution in [0.1, 0.15) is 18.9 Å². The number of carboxylic acid groups (broad SMARTS) is 1. The van der Waals surface area contributed by atoms with Crippen LogP contribution < -0.4 is 9.47 Å². The van der Waals surface area contributed by atoms with Crippen LogP contribution in [-0.2, 0) is 16.1 Å². The van der Waals surface area contributed by atoms with Crippen molar-refractivity contribution in [2.45, 2.75) is 26.0 Å². The van der Waals surface area contributed by atoms with E-state index < -0.39 is 24.5 Å². The van der Waals surface area contributed by atoms with Crippen molar-refractivity contribution in [2.75, 3.05) is 13.7 Å². The summed E-state index contributed by atoms with van der Waals surface area (Å²) in [5.41, 5.74) is 0.842. The van der Waals surface area contributed by atoms with Crippen LogP contribution >= 0.6 is 0 Å². The Balaban J connectivity index is 1.96. The molecule has 1 unspecified atom stereocenters. The summed E-state index contributed by atoms with van der Waals surface area (Å²) in [5.74, 6) is -1.34. The van der Waals surface area contributed by atoms with Gasteiger partial charge in [0.2, 0.25) is 0 Å². The fourth-order valence-corrected chi connectivity index (χ4v) is 2.44. The first-order valence-corrected chi connectivity index (χ1v) is 8.50. The molecule has 0 aliphatic carbocycles. The first-order chi connectivity index (χ1) is 12.9. The minimum atomic E-state index is -1.05. The predicted molar refractivity (Wildman–Crippen MR) is 97.2 cm³/mol. The molecule has 144 valence electrons. The Labute approximate surface area is 157 Å². The SMILES string of the molecule is CCC(Oc1ccccc1F)C(=O)N(C)Cc1ccc(OCC(=O)O)cc1. The van der Waals surface area contributed by atoms with E-state index in [9.17, 15) is 14.0 Å². The number of rotatable bonds is 9. The van der Waals surface area contributed by atoms with Crippen molar-refractivity contribution in [1.82, 2.24) is 4.90 Å². The van der Waals surface area contributed by atoms with Gasteiger partial charge in [0, 0.05) is 13.6 Å². The molecule has 1 atom stereocenters. The van der Waals surface area contributed by atoms with Gasteiger partial charge in [-0.25, -0.2) is 9.18 Å². The second-order valence-corrected chi connectivity index (χ2v) is 5.97. The van der Waals surface area contributed by atoms with Gasteiger partial charge in [-0.05, 0) is 36.2 Å². The monoisotopic (exact) mass is 375 g/mol. The zero-order chi connectivity index (χ0) is 19.8. The van der Waals surface area contributed by atoms with Crippen LogP contribution in [0.5, 0.6) is 11.5 Å². The molecule has 0 bridgehead atoms. The second-order valence-electron chi connectivity index (χ2n) is 5.97. The van der Waals surface area contributed by atoms with Crippen LogP contribution in [0.25, 0.3) is 0 Å². The minimum Gasteiger partial charge on any atom is -0.482 e. The van der Waals surface area contributed by atoms with Crippen LogP contribution in [-0.4, -0.2) is 41.6 Å². The van der Waals surface area contributed by atoms with Crippen molar-refractivity contribution in [3.05, 3.63) is 59.9 Å². The normalized spacial score (nSPS) is 11.5. The summed E-state index contributed by atoms with van der Waals surface area (Å²) in [6.45, 7) is 1.71. The summed E-state index contributed by atoms with van der Waals surface area (Å²) in [6, 6.07) is 12.8. The maximum atomic E-state index is 13.7. The molecule has 0 aliphatic rings. The molecule has 0 heterocycles. The lowest BCUT2D eigenvalue weighted by atomic mass is 10.2. The standard InChI is InChI=1S/C20H22FNO5/c1-3-17(27-18-7-5-4-6-16(18)21)20(25)22(2)12-14-8-10-15(11-9-14)26-13-19(23)24/h4-11,17H,3,12-13H2,1-2H3,(H,23,24). The molecule has 27 heavy (non-hydrogen) atoms. The van der Waals surface area contributed by atoms with E-state index in [-0.39, 0.29) is 11.7 Å². The van der Waals surface area contributed by atoms with Gasteiger partial charge in [0.25, 0.3) is 5.91 Å². The molecule has 0 saturated heterocycles. The molecule has 1 amide bonds. The highest BCUT2D eigenvalue weighted by molar-refractivity contribution is 5.81. The molecule has 1 N–H and O–H groups in total. The van der Waals surface area contributed by atoms with Crippen LogP contribution in [0, 0.1) is 5.82 Å². The Morgan fingerprint density at radius 1 is 1.15 bits per heavy atom. The largest absolute Gasteiger partial charge is 0.482 e. The zero-order valence-corrected chi connectivity index (χ0v) is 15.2. The average Bonchev–Trinajstić information content (AvgIpc) is 2.66. The smallest absolute Gasteiger partial charge is 0.341 e. The summed E-state index contributed by atoms with van der Waals surface area (Å²) < 4.78 is 24.4. The summed E-state index contributed by atoms with van der Waals surface area (Å²) in [6.07, 6.45) is -0.385. The van der Waals surface area contributed by atoms with Crippen molar-refractivity contribution in [3.8, 4) is 11.5 Å². The number of carbonyl (C=O) groups excluding carboxylic acids is 1. The summed E-state index contributed by atoms with van der Waals surface area (Å²) >= 11 is 0. The van der Waals surface area contributed by atoms with E-state index in [1.807, 2.05) is 0 Å². The van der Waals surface area contributed by atoms with E-state index in [1.165, 1.54) is 17.0 Å². The topological polar surface area (TPSA) is 76.1 Å². The Bertz CT molecular complexity index is 778. The van der Waals surface area contributed by atoms with Crippen molar-refractivity contribution >= 4 is 11.9 Å². The summed E-state index contributed by atoms with van der Waals surface area (Å²) in [7, 11) is 1.64. The highest BCUT2D eigenvalue weighted by Gasteiger charge is 2.23. The van der Waals surface area contributed by atoms with Gasteiger partial charge in [-0.1, -0.05) is 31.2 Å². The lowest BCUT2D eigenvalue weighted by Crippen LogP contribution is -2.39. The van der Waals surface area contributed by atoms with E-state index in [0.717, 1.165) is 5.56 Å². The van der Waals surface area contributed by atoms with E-state index in [4.69, 9.17) is 14.6 Å². The van der Waals surface area contributed by atoms with Gasteiger partial charge < -0.3 is 19.5 Å². The number of carbonyl (C=O) groups is 2. The Morgan fingerprint density at radius 3 is 2.41 bits per heavy atom. The van der Waals surface area contributed by atoms with Crippen molar-refractivity contribution < 1.29 is 28.6 Å². The summed E-state index contributed by atoms with van der Waals surface area (Å²) in [4.78, 5) is 24.6. The average molecular weight is 375 g/mol. The Morgan fingerprint density at radius 2 is 1.81 bits per heavy atom. The van der Waals surface area contributed by atoms with Gasteiger partial charge in [0.15, 0.2) is 24.3 Å². The second kappa shape index (κ2) is 9.56. The van der Waals surface area contributed by atoms with Gasteiger partial charge in [-0.2, -0.15) is 0 Å². The molecule has 7 heteroatoms. The third-order valence-corrected chi connectivity index (χ3v) is 3.83. The molecular formula is C20H22FNO5. The van der Waals surface area contributed by atoms with Crippen LogP contribution in [0.2, 0.25) is 0 Å². The van der Waals surface area contributed by atoms with E-state index in [2.05, 4.69) is 0 Å². The highest BCUT2D eigenvalue weighted by Crippen LogP contribution is 2.19. The molecule has 6 nitrogen and oxygen atoms in total. The zero-order valence-electron chi connectivity index (χ0n) is 15.2. The highest BCUT2D eigenvalue weighted by atomic mass is 19.1.